The smallest absolute Gasteiger partial charge is 0.408 e. The molecule has 0 aromatic heterocycles. The molecule has 0 bridgehead atoms. The lowest BCUT2D eigenvalue weighted by Gasteiger charge is -2.44. The first-order chi connectivity index (χ1) is 13.7. The van der Waals surface area contributed by atoms with Gasteiger partial charge >= 0.3 is 12.2 Å². The summed E-state index contributed by atoms with van der Waals surface area (Å²) in [6, 6.07) is 5.43. The van der Waals surface area contributed by atoms with Crippen LogP contribution in [-0.2, 0) is 0 Å². The summed E-state index contributed by atoms with van der Waals surface area (Å²) in [7, 11) is 0. The molecule has 0 fully saturated rings. The first-order valence-corrected chi connectivity index (χ1v) is 9.64. The van der Waals surface area contributed by atoms with Crippen molar-refractivity contribution in [1.82, 2.24) is 14.7 Å². The van der Waals surface area contributed by atoms with Crippen molar-refractivity contribution < 1.29 is 29.4 Å². The Balaban J connectivity index is 2.46. The number of imide groups is 1. The van der Waals surface area contributed by atoms with E-state index in [-0.39, 0.29) is 24.2 Å². The van der Waals surface area contributed by atoms with E-state index in [4.69, 9.17) is 0 Å². The highest BCUT2D eigenvalue weighted by molar-refractivity contribution is 6.21. The van der Waals surface area contributed by atoms with Gasteiger partial charge < -0.3 is 15.1 Å². The van der Waals surface area contributed by atoms with Crippen LogP contribution in [0, 0.1) is 0 Å². The molecule has 0 saturated heterocycles. The molecule has 2 rings (SSSR count). The van der Waals surface area contributed by atoms with E-state index in [1.807, 2.05) is 0 Å². The van der Waals surface area contributed by atoms with Crippen LogP contribution in [0.1, 0.15) is 62.3 Å². The van der Waals surface area contributed by atoms with Crippen molar-refractivity contribution >= 4 is 24.0 Å². The molecule has 1 aromatic rings. The van der Waals surface area contributed by atoms with Gasteiger partial charge in [-0.05, 0) is 53.7 Å². The molecule has 164 valence electrons. The third-order valence-corrected chi connectivity index (χ3v) is 5.00. The molecule has 0 aliphatic carbocycles. The molecule has 9 nitrogen and oxygen atoms in total. The first-order valence-electron chi connectivity index (χ1n) is 9.64. The van der Waals surface area contributed by atoms with Gasteiger partial charge in [-0.3, -0.25) is 19.4 Å². The van der Waals surface area contributed by atoms with Gasteiger partial charge in [-0.2, -0.15) is 0 Å². The SMILES string of the molecule is CC(C)(C)N(C[C@H](CN1C(=O)c2ccccc2C1=O)N(C(=O)O)C(C)(C)C)C(=O)O. The number of carbonyl (C=O) groups is 4. The van der Waals surface area contributed by atoms with Crippen LogP contribution in [0.5, 0.6) is 0 Å². The fourth-order valence-electron chi connectivity index (χ4n) is 3.68. The van der Waals surface area contributed by atoms with Crippen molar-refractivity contribution in [2.45, 2.75) is 58.7 Å². The highest BCUT2D eigenvalue weighted by atomic mass is 16.4. The number of hydrogen-bond donors (Lipinski definition) is 2. The second-order valence-electron chi connectivity index (χ2n) is 9.31. The highest BCUT2D eigenvalue weighted by Crippen LogP contribution is 2.27. The van der Waals surface area contributed by atoms with E-state index in [0.29, 0.717) is 0 Å². The van der Waals surface area contributed by atoms with Crippen molar-refractivity contribution in [3.05, 3.63) is 35.4 Å². The average molecular weight is 419 g/mol. The summed E-state index contributed by atoms with van der Waals surface area (Å²) in [6.45, 7) is 9.68. The van der Waals surface area contributed by atoms with E-state index in [0.717, 1.165) is 14.7 Å². The topological polar surface area (TPSA) is 118 Å². The van der Waals surface area contributed by atoms with Crippen molar-refractivity contribution in [3.63, 3.8) is 0 Å². The predicted molar refractivity (Wildman–Crippen MR) is 110 cm³/mol. The van der Waals surface area contributed by atoms with Gasteiger partial charge in [0.15, 0.2) is 0 Å². The lowest BCUT2D eigenvalue weighted by atomic mass is 10.0. The minimum absolute atomic E-state index is 0.199. The van der Waals surface area contributed by atoms with Gasteiger partial charge in [-0.1, -0.05) is 12.1 Å². The Bertz CT molecular complexity index is 833. The van der Waals surface area contributed by atoms with Gasteiger partial charge in [0.25, 0.3) is 11.8 Å². The summed E-state index contributed by atoms with van der Waals surface area (Å²) in [5, 5.41) is 19.6. The maximum atomic E-state index is 12.8. The Kier molecular flexibility index (Phi) is 6.15. The molecule has 0 radical (unpaired) electrons. The third-order valence-electron chi connectivity index (χ3n) is 5.00. The number of hydrogen-bond acceptors (Lipinski definition) is 4. The summed E-state index contributed by atoms with van der Waals surface area (Å²) in [4.78, 5) is 52.8. The fraction of sp³-hybridized carbons (Fsp3) is 0.524. The summed E-state index contributed by atoms with van der Waals surface area (Å²) in [5.41, 5.74) is -1.19. The van der Waals surface area contributed by atoms with Crippen molar-refractivity contribution in [2.75, 3.05) is 13.1 Å². The molecule has 4 amide bonds. The summed E-state index contributed by atoms with van der Waals surface area (Å²) >= 11 is 0. The second kappa shape index (κ2) is 7.97. The molecule has 9 heteroatoms. The number of fused-ring (bicyclic) bond motifs is 1. The summed E-state index contributed by atoms with van der Waals surface area (Å²) in [5.74, 6) is -1.03. The van der Waals surface area contributed by atoms with Crippen LogP contribution in [-0.4, -0.2) is 79.1 Å². The Morgan fingerprint density at radius 3 is 1.70 bits per heavy atom. The van der Waals surface area contributed by atoms with Crippen LogP contribution in [0.4, 0.5) is 9.59 Å². The zero-order valence-corrected chi connectivity index (χ0v) is 18.2. The minimum atomic E-state index is -1.26. The molecule has 0 saturated carbocycles. The molecule has 2 N–H and O–H groups in total. The van der Waals surface area contributed by atoms with Gasteiger partial charge in [-0.15, -0.1) is 0 Å². The van der Waals surface area contributed by atoms with Crippen LogP contribution in [0.15, 0.2) is 24.3 Å². The molecule has 1 heterocycles. The van der Waals surface area contributed by atoms with E-state index >= 15 is 0 Å². The highest BCUT2D eigenvalue weighted by Gasteiger charge is 2.43. The largest absolute Gasteiger partial charge is 0.465 e. The standard InChI is InChI=1S/C21H29N3O6/c1-20(2,3)23(18(27)28)12-13(24(19(29)30)21(4,5)6)11-22-16(25)14-9-7-8-10-15(14)17(22)26/h7-10,13H,11-12H2,1-6H3,(H,27,28)(H,29,30)/t13-/m0/s1. The van der Waals surface area contributed by atoms with Crippen molar-refractivity contribution in [1.29, 1.82) is 0 Å². The molecule has 1 aromatic carbocycles. The molecular formula is C21H29N3O6. The van der Waals surface area contributed by atoms with Crippen LogP contribution in [0.25, 0.3) is 0 Å². The molecule has 1 aliphatic rings. The van der Waals surface area contributed by atoms with Crippen molar-refractivity contribution in [3.8, 4) is 0 Å². The number of nitrogens with zero attached hydrogens (tertiary/aromatic N) is 3. The molecule has 30 heavy (non-hydrogen) atoms. The Morgan fingerprint density at radius 2 is 1.37 bits per heavy atom. The predicted octanol–water partition coefficient (Wildman–Crippen LogP) is 3.21. The Hall–Kier alpha value is -3.10. The van der Waals surface area contributed by atoms with Gasteiger partial charge in [-0.25, -0.2) is 9.59 Å². The van der Waals surface area contributed by atoms with Crippen molar-refractivity contribution in [2.24, 2.45) is 0 Å². The lowest BCUT2D eigenvalue weighted by Crippen LogP contribution is -2.61. The van der Waals surface area contributed by atoms with Gasteiger partial charge in [0, 0.05) is 17.6 Å². The molecular weight excluding hydrogens is 390 g/mol. The number of benzene rings is 1. The lowest BCUT2D eigenvalue weighted by molar-refractivity contribution is 0.0225. The number of amides is 4. The van der Waals surface area contributed by atoms with E-state index in [2.05, 4.69) is 0 Å². The third kappa shape index (κ3) is 4.55. The van der Waals surface area contributed by atoms with Gasteiger partial charge in [0.05, 0.1) is 23.7 Å². The van der Waals surface area contributed by atoms with E-state index in [9.17, 15) is 29.4 Å². The summed E-state index contributed by atoms with van der Waals surface area (Å²) < 4.78 is 0. The van der Waals surface area contributed by atoms with E-state index < -0.39 is 41.1 Å². The van der Waals surface area contributed by atoms with Gasteiger partial charge in [0.1, 0.15) is 0 Å². The zero-order chi connectivity index (χ0) is 23.0. The van der Waals surface area contributed by atoms with E-state index in [1.165, 1.54) is 0 Å². The second-order valence-corrected chi connectivity index (χ2v) is 9.31. The number of carboxylic acid groups (broad SMARTS) is 2. The number of rotatable bonds is 5. The Labute approximate surface area is 175 Å². The van der Waals surface area contributed by atoms with Crippen LogP contribution < -0.4 is 0 Å². The normalized spacial score (nSPS) is 15.1. The zero-order valence-electron chi connectivity index (χ0n) is 18.2. The fourth-order valence-corrected chi connectivity index (χ4v) is 3.68. The molecule has 0 spiro atoms. The van der Waals surface area contributed by atoms with Gasteiger partial charge in [0.2, 0.25) is 0 Å². The Morgan fingerprint density at radius 1 is 0.900 bits per heavy atom. The number of carbonyl (C=O) groups excluding carboxylic acids is 2. The summed E-state index contributed by atoms with van der Waals surface area (Å²) in [6.07, 6.45) is -2.47. The maximum Gasteiger partial charge on any atom is 0.408 e. The maximum absolute atomic E-state index is 12.8. The average Bonchev–Trinajstić information content (AvgIpc) is 2.82. The van der Waals surface area contributed by atoms with Crippen LogP contribution >= 0.6 is 0 Å². The first kappa shape index (κ1) is 23.2. The minimum Gasteiger partial charge on any atom is -0.465 e. The molecule has 1 aliphatic heterocycles. The molecule has 0 unspecified atom stereocenters. The molecule has 1 atom stereocenters. The van der Waals surface area contributed by atoms with E-state index in [1.54, 1.807) is 65.8 Å². The van der Waals surface area contributed by atoms with Crippen LogP contribution in [0.2, 0.25) is 0 Å². The quantitative estimate of drug-likeness (QED) is 0.708. The monoisotopic (exact) mass is 419 g/mol. The van der Waals surface area contributed by atoms with Crippen LogP contribution in [0.3, 0.4) is 0 Å².